The number of nitrogens with zero attached hydrogens (tertiary/aromatic N) is 2. The first-order valence-corrected chi connectivity index (χ1v) is 4.53. The second kappa shape index (κ2) is 3.27. The van der Waals surface area contributed by atoms with Gasteiger partial charge < -0.3 is 10.8 Å². The lowest BCUT2D eigenvalue weighted by Gasteiger charge is -1.97. The minimum Gasteiger partial charge on any atom is -0.481 e. The van der Waals surface area contributed by atoms with Gasteiger partial charge in [0.1, 0.15) is 11.5 Å². The summed E-state index contributed by atoms with van der Waals surface area (Å²) in [6, 6.07) is 3.76. The Morgan fingerprint density at radius 3 is 3.00 bits per heavy atom. The Bertz CT molecular complexity index is 531. The molecular formula is C10H11N3O2. The largest absolute Gasteiger partial charge is 0.481 e. The van der Waals surface area contributed by atoms with E-state index in [9.17, 15) is 4.79 Å². The Kier molecular flexibility index (Phi) is 2.07. The molecule has 78 valence electrons. The van der Waals surface area contributed by atoms with E-state index in [4.69, 9.17) is 10.8 Å². The fraction of sp³-hybridized carbons (Fsp3) is 0.200. The fourth-order valence-electron chi connectivity index (χ4n) is 1.54. The molecule has 5 heteroatoms. The first kappa shape index (κ1) is 9.51. The van der Waals surface area contributed by atoms with E-state index >= 15 is 0 Å². The van der Waals surface area contributed by atoms with Crippen LogP contribution < -0.4 is 5.73 Å². The monoisotopic (exact) mass is 205 g/mol. The van der Waals surface area contributed by atoms with Crippen molar-refractivity contribution in [3.05, 3.63) is 29.6 Å². The number of hydrogen-bond acceptors (Lipinski definition) is 3. The second-order valence-electron chi connectivity index (χ2n) is 3.40. The number of carboxylic acid groups (broad SMARTS) is 1. The molecule has 0 bridgehead atoms. The highest BCUT2D eigenvalue weighted by Gasteiger charge is 2.12. The van der Waals surface area contributed by atoms with E-state index in [-0.39, 0.29) is 6.42 Å². The van der Waals surface area contributed by atoms with Crippen LogP contribution in [-0.2, 0) is 11.2 Å². The summed E-state index contributed by atoms with van der Waals surface area (Å²) < 4.78 is 1.70. The van der Waals surface area contributed by atoms with E-state index in [0.717, 1.165) is 5.56 Å². The van der Waals surface area contributed by atoms with Crippen molar-refractivity contribution in [1.82, 2.24) is 9.38 Å². The highest BCUT2D eigenvalue weighted by molar-refractivity contribution is 5.72. The van der Waals surface area contributed by atoms with E-state index in [2.05, 4.69) is 4.98 Å². The molecule has 0 saturated carbocycles. The van der Waals surface area contributed by atoms with Crippen molar-refractivity contribution in [2.75, 3.05) is 5.73 Å². The zero-order valence-corrected chi connectivity index (χ0v) is 8.27. The van der Waals surface area contributed by atoms with E-state index < -0.39 is 5.97 Å². The minimum absolute atomic E-state index is 0.146. The molecule has 15 heavy (non-hydrogen) atoms. The zero-order valence-electron chi connectivity index (χ0n) is 8.27. The normalized spacial score (nSPS) is 10.7. The van der Waals surface area contributed by atoms with Crippen molar-refractivity contribution in [3.63, 3.8) is 0 Å². The Labute approximate surface area is 86.2 Å². The predicted octanol–water partition coefficient (Wildman–Crippen LogP) is 0.852. The number of aliphatic carboxylic acids is 1. The maximum absolute atomic E-state index is 10.6. The average Bonchev–Trinajstić information content (AvgIpc) is 2.46. The van der Waals surface area contributed by atoms with Gasteiger partial charge in [-0.2, -0.15) is 0 Å². The van der Waals surface area contributed by atoms with Gasteiger partial charge in [0.05, 0.1) is 12.1 Å². The van der Waals surface area contributed by atoms with E-state index in [0.29, 0.717) is 17.2 Å². The van der Waals surface area contributed by atoms with Gasteiger partial charge in [-0.3, -0.25) is 9.20 Å². The first-order valence-electron chi connectivity index (χ1n) is 4.53. The molecule has 0 amide bonds. The third-order valence-corrected chi connectivity index (χ3v) is 2.28. The number of carboxylic acids is 1. The summed E-state index contributed by atoms with van der Waals surface area (Å²) in [6.45, 7) is 1.91. The Hall–Kier alpha value is -2.04. The Morgan fingerprint density at radius 2 is 2.40 bits per heavy atom. The molecule has 2 heterocycles. The second-order valence-corrected chi connectivity index (χ2v) is 3.40. The molecule has 0 unspecified atom stereocenters. The predicted molar refractivity (Wildman–Crippen MR) is 55.7 cm³/mol. The molecule has 2 rings (SSSR count). The number of pyridine rings is 1. The molecule has 0 radical (unpaired) electrons. The van der Waals surface area contributed by atoms with E-state index in [1.54, 1.807) is 10.6 Å². The van der Waals surface area contributed by atoms with Crippen LogP contribution in [0.5, 0.6) is 0 Å². The van der Waals surface area contributed by atoms with Gasteiger partial charge in [-0.15, -0.1) is 0 Å². The van der Waals surface area contributed by atoms with Crippen LogP contribution in [0.1, 0.15) is 11.3 Å². The van der Waals surface area contributed by atoms with Crippen LogP contribution in [0.2, 0.25) is 0 Å². The number of rotatable bonds is 2. The molecule has 2 aromatic heterocycles. The van der Waals surface area contributed by atoms with Crippen molar-refractivity contribution < 1.29 is 9.90 Å². The van der Waals surface area contributed by atoms with Crippen molar-refractivity contribution in [1.29, 1.82) is 0 Å². The van der Waals surface area contributed by atoms with Gasteiger partial charge in [-0.1, -0.05) is 6.07 Å². The van der Waals surface area contributed by atoms with Gasteiger partial charge in [-0.05, 0) is 18.6 Å². The van der Waals surface area contributed by atoms with Crippen LogP contribution in [0.4, 0.5) is 5.82 Å². The molecule has 0 fully saturated rings. The minimum atomic E-state index is -0.928. The molecule has 0 aliphatic rings. The molecule has 0 atom stereocenters. The Morgan fingerprint density at radius 1 is 1.67 bits per heavy atom. The van der Waals surface area contributed by atoms with E-state index in [1.807, 2.05) is 19.1 Å². The van der Waals surface area contributed by atoms with Gasteiger partial charge >= 0.3 is 5.97 Å². The quantitative estimate of drug-likeness (QED) is 0.761. The number of fused-ring (bicyclic) bond motifs is 1. The number of hydrogen-bond donors (Lipinski definition) is 2. The van der Waals surface area contributed by atoms with Crippen LogP contribution >= 0.6 is 0 Å². The number of nitrogens with two attached hydrogens (primary N) is 1. The summed E-state index contributed by atoms with van der Waals surface area (Å²) in [6.07, 6.45) is 1.63. The summed E-state index contributed by atoms with van der Waals surface area (Å²) in [4.78, 5) is 14.8. The maximum Gasteiger partial charge on any atom is 0.309 e. The molecule has 0 aliphatic carbocycles. The summed E-state index contributed by atoms with van der Waals surface area (Å²) in [5.74, 6) is -0.529. The molecule has 5 nitrogen and oxygen atoms in total. The summed E-state index contributed by atoms with van der Waals surface area (Å²) in [5, 5.41) is 8.68. The highest BCUT2D eigenvalue weighted by Crippen LogP contribution is 2.17. The molecule has 0 saturated heterocycles. The number of imidazole rings is 1. The third kappa shape index (κ3) is 1.52. The average molecular weight is 205 g/mol. The molecule has 2 aromatic rings. The third-order valence-electron chi connectivity index (χ3n) is 2.28. The zero-order chi connectivity index (χ0) is 11.0. The van der Waals surface area contributed by atoms with Crippen molar-refractivity contribution >= 4 is 17.4 Å². The van der Waals surface area contributed by atoms with Crippen LogP contribution in [-0.4, -0.2) is 20.5 Å². The standard InChI is InChI=1S/C10H11N3O2/c1-6-3-2-4-13-9(11)7(5-8(14)15)12-10(6)13/h2-4H,5,11H2,1H3,(H,14,15). The van der Waals surface area contributed by atoms with Gasteiger partial charge in [0.25, 0.3) is 0 Å². The summed E-state index contributed by atoms with van der Waals surface area (Å²) in [7, 11) is 0. The van der Waals surface area contributed by atoms with Crippen LogP contribution in [0.25, 0.3) is 5.65 Å². The first-order chi connectivity index (χ1) is 7.09. The van der Waals surface area contributed by atoms with Gasteiger partial charge in [0, 0.05) is 6.20 Å². The van der Waals surface area contributed by atoms with E-state index in [1.165, 1.54) is 0 Å². The maximum atomic E-state index is 10.6. The van der Waals surface area contributed by atoms with Crippen LogP contribution in [0, 0.1) is 6.92 Å². The molecule has 3 N–H and O–H groups in total. The lowest BCUT2D eigenvalue weighted by molar-refractivity contribution is -0.136. The number of nitrogen functional groups attached to an aromatic ring is 1. The number of aryl methyl sites for hydroxylation is 1. The smallest absolute Gasteiger partial charge is 0.309 e. The number of anilines is 1. The fourth-order valence-corrected chi connectivity index (χ4v) is 1.54. The lowest BCUT2D eigenvalue weighted by Crippen LogP contribution is -2.03. The van der Waals surface area contributed by atoms with Crippen LogP contribution in [0.15, 0.2) is 18.3 Å². The van der Waals surface area contributed by atoms with Gasteiger partial charge in [0.15, 0.2) is 0 Å². The Balaban J connectivity index is 2.64. The van der Waals surface area contributed by atoms with Crippen molar-refractivity contribution in [2.45, 2.75) is 13.3 Å². The van der Waals surface area contributed by atoms with Gasteiger partial charge in [-0.25, -0.2) is 4.98 Å². The van der Waals surface area contributed by atoms with Crippen molar-refractivity contribution in [3.8, 4) is 0 Å². The SMILES string of the molecule is Cc1cccn2c(N)c(CC(=O)O)nc12. The number of aromatic nitrogens is 2. The summed E-state index contributed by atoms with van der Waals surface area (Å²) >= 11 is 0. The molecule has 0 aliphatic heterocycles. The van der Waals surface area contributed by atoms with Gasteiger partial charge in [0.2, 0.25) is 0 Å². The van der Waals surface area contributed by atoms with Crippen molar-refractivity contribution in [2.24, 2.45) is 0 Å². The molecule has 0 spiro atoms. The summed E-state index contributed by atoms with van der Waals surface area (Å²) in [5.41, 5.74) is 7.89. The molecule has 0 aromatic carbocycles. The van der Waals surface area contributed by atoms with Crippen LogP contribution in [0.3, 0.4) is 0 Å². The number of carbonyl (C=O) groups is 1. The highest BCUT2D eigenvalue weighted by atomic mass is 16.4. The molecular weight excluding hydrogens is 194 g/mol. The topological polar surface area (TPSA) is 80.6 Å². The lowest BCUT2D eigenvalue weighted by atomic mass is 10.3.